The molecule has 0 heterocycles. The van der Waals surface area contributed by atoms with Crippen LogP contribution < -0.4 is 0 Å². The van der Waals surface area contributed by atoms with Crippen molar-refractivity contribution in [2.45, 2.75) is 32.3 Å². The number of carboxylic acids is 1. The zero-order valence-electron chi connectivity index (χ0n) is 17.8. The molecule has 0 spiro atoms. The molecule has 16 heteroatoms. The van der Waals surface area contributed by atoms with Crippen molar-refractivity contribution in [2.24, 2.45) is 5.16 Å². The summed E-state index contributed by atoms with van der Waals surface area (Å²) in [5.41, 5.74) is -5.26. The number of unbranched alkanes of at least 4 members (excludes halogenated alkanes) is 1. The number of rotatable bonds is 10. The van der Waals surface area contributed by atoms with E-state index in [0.717, 1.165) is 12.1 Å². The number of nitro benzene ring substituents is 4. The standard InChI is InChI=1S/C19H15N5O11/c1-2-3-4-15(19(25)26)35-20-18-11-5-9(21(27)28)7-13(23(31)32)16(11)17-12(18)6-10(22(29)30)8-14(17)24(33)34/h5-8,15H,2-4H2,1H3,(H,25,26)/t15-/m0/s1. The third kappa shape index (κ3) is 4.56. The van der Waals surface area contributed by atoms with Gasteiger partial charge in [-0.1, -0.05) is 18.5 Å². The summed E-state index contributed by atoms with van der Waals surface area (Å²) in [6.45, 7) is 1.80. The number of benzene rings is 2. The molecular weight excluding hydrogens is 474 g/mol. The lowest BCUT2D eigenvalue weighted by atomic mass is 10.0. The van der Waals surface area contributed by atoms with Crippen molar-refractivity contribution in [1.82, 2.24) is 0 Å². The molecule has 0 aromatic heterocycles. The van der Waals surface area contributed by atoms with Crippen LogP contribution in [0.5, 0.6) is 0 Å². The molecule has 0 bridgehead atoms. The van der Waals surface area contributed by atoms with E-state index in [0.29, 0.717) is 25.0 Å². The number of non-ortho nitro benzene ring substituents is 2. The average Bonchev–Trinajstić information content (AvgIpc) is 3.10. The van der Waals surface area contributed by atoms with E-state index < -0.39 is 71.4 Å². The van der Waals surface area contributed by atoms with Crippen LogP contribution in [-0.4, -0.2) is 42.6 Å². The second-order valence-electron chi connectivity index (χ2n) is 7.32. The smallest absolute Gasteiger partial charge is 0.347 e. The molecule has 182 valence electrons. The summed E-state index contributed by atoms with van der Waals surface area (Å²) in [5.74, 6) is -1.39. The first-order valence-corrected chi connectivity index (χ1v) is 9.89. The summed E-state index contributed by atoms with van der Waals surface area (Å²) in [6, 6.07) is 2.89. The van der Waals surface area contributed by atoms with Gasteiger partial charge in [0.1, 0.15) is 5.71 Å². The minimum Gasteiger partial charge on any atom is -0.478 e. The summed E-state index contributed by atoms with van der Waals surface area (Å²) in [5, 5.41) is 59.4. The molecule has 0 saturated carbocycles. The number of nitro groups is 4. The van der Waals surface area contributed by atoms with E-state index >= 15 is 0 Å². The summed E-state index contributed by atoms with van der Waals surface area (Å²) in [6.07, 6.45) is -0.404. The summed E-state index contributed by atoms with van der Waals surface area (Å²) in [7, 11) is 0. The van der Waals surface area contributed by atoms with Crippen LogP contribution >= 0.6 is 0 Å². The van der Waals surface area contributed by atoms with Gasteiger partial charge in [-0.3, -0.25) is 40.5 Å². The van der Waals surface area contributed by atoms with Crippen LogP contribution in [0.15, 0.2) is 29.4 Å². The Kier molecular flexibility index (Phi) is 6.65. The van der Waals surface area contributed by atoms with Crippen LogP contribution in [0.4, 0.5) is 22.7 Å². The largest absolute Gasteiger partial charge is 0.478 e. The maximum atomic E-state index is 11.7. The second kappa shape index (κ2) is 9.46. The van der Waals surface area contributed by atoms with Crippen LogP contribution in [0.25, 0.3) is 11.1 Å². The van der Waals surface area contributed by atoms with E-state index in [-0.39, 0.29) is 17.5 Å². The van der Waals surface area contributed by atoms with Crippen molar-refractivity contribution in [3.8, 4) is 11.1 Å². The number of hydrogen-bond donors (Lipinski definition) is 1. The van der Waals surface area contributed by atoms with Crippen molar-refractivity contribution in [3.05, 3.63) is 75.8 Å². The van der Waals surface area contributed by atoms with Gasteiger partial charge < -0.3 is 9.94 Å². The van der Waals surface area contributed by atoms with E-state index in [1.807, 2.05) is 0 Å². The first kappa shape index (κ1) is 24.6. The molecule has 16 nitrogen and oxygen atoms in total. The van der Waals surface area contributed by atoms with E-state index in [4.69, 9.17) is 4.84 Å². The number of carboxylic acid groups (broad SMARTS) is 1. The van der Waals surface area contributed by atoms with Crippen molar-refractivity contribution in [3.63, 3.8) is 0 Å². The molecule has 0 amide bonds. The molecule has 1 N–H and O–H groups in total. The van der Waals surface area contributed by atoms with Crippen molar-refractivity contribution >= 4 is 34.4 Å². The molecule has 0 unspecified atom stereocenters. The van der Waals surface area contributed by atoms with Gasteiger partial charge >= 0.3 is 5.97 Å². The number of carbonyl (C=O) groups is 1. The predicted molar refractivity (Wildman–Crippen MR) is 116 cm³/mol. The number of oxime groups is 1. The van der Waals surface area contributed by atoms with Crippen molar-refractivity contribution in [2.75, 3.05) is 0 Å². The van der Waals surface area contributed by atoms with Crippen LogP contribution in [0.1, 0.15) is 37.3 Å². The maximum Gasteiger partial charge on any atom is 0.347 e. The van der Waals surface area contributed by atoms with Gasteiger partial charge in [0.2, 0.25) is 6.10 Å². The van der Waals surface area contributed by atoms with Crippen molar-refractivity contribution < 1.29 is 34.4 Å². The lowest BCUT2D eigenvalue weighted by molar-refractivity contribution is -0.395. The van der Waals surface area contributed by atoms with Gasteiger partial charge in [0.15, 0.2) is 0 Å². The van der Waals surface area contributed by atoms with Crippen LogP contribution in [0.3, 0.4) is 0 Å². The van der Waals surface area contributed by atoms with Gasteiger partial charge in [0.25, 0.3) is 22.7 Å². The van der Waals surface area contributed by atoms with Gasteiger partial charge in [0, 0.05) is 23.3 Å². The van der Waals surface area contributed by atoms with Crippen LogP contribution in [-0.2, 0) is 9.63 Å². The highest BCUT2D eigenvalue weighted by atomic mass is 16.7. The van der Waals surface area contributed by atoms with Gasteiger partial charge in [0.05, 0.1) is 43.0 Å². The van der Waals surface area contributed by atoms with E-state index in [1.165, 1.54) is 0 Å². The Labute approximate surface area is 194 Å². The van der Waals surface area contributed by atoms with Crippen LogP contribution in [0.2, 0.25) is 0 Å². The molecule has 2 aromatic rings. The molecule has 0 fully saturated rings. The lowest BCUT2D eigenvalue weighted by Crippen LogP contribution is -2.22. The number of hydrogen-bond acceptors (Lipinski definition) is 11. The first-order chi connectivity index (χ1) is 16.5. The second-order valence-corrected chi connectivity index (χ2v) is 7.32. The van der Waals surface area contributed by atoms with E-state index in [9.17, 15) is 50.4 Å². The van der Waals surface area contributed by atoms with Crippen LogP contribution in [0, 0.1) is 40.5 Å². The monoisotopic (exact) mass is 489 g/mol. The molecule has 1 atom stereocenters. The fourth-order valence-corrected chi connectivity index (χ4v) is 3.59. The Morgan fingerprint density at radius 3 is 1.69 bits per heavy atom. The molecule has 0 aliphatic heterocycles. The molecule has 0 radical (unpaired) electrons. The topological polar surface area (TPSA) is 231 Å². The van der Waals surface area contributed by atoms with Gasteiger partial charge in [-0.2, -0.15) is 0 Å². The Balaban J connectivity index is 2.39. The lowest BCUT2D eigenvalue weighted by Gasteiger charge is -2.11. The fourth-order valence-electron chi connectivity index (χ4n) is 3.59. The van der Waals surface area contributed by atoms with E-state index in [1.54, 1.807) is 6.92 Å². The molecule has 1 aliphatic rings. The molecule has 0 saturated heterocycles. The normalized spacial score (nSPS) is 12.3. The summed E-state index contributed by atoms with van der Waals surface area (Å²) in [4.78, 5) is 59.0. The minimum absolute atomic E-state index is 0.0203. The molecule has 1 aliphatic carbocycles. The molecule has 3 rings (SSSR count). The molecule has 2 aromatic carbocycles. The first-order valence-electron chi connectivity index (χ1n) is 9.89. The Bertz CT molecular complexity index is 1240. The SMILES string of the molecule is CCCC[C@H](ON=C1c2cc([N+](=O)[O-])cc([N+](=O)[O-])c2-c2c1cc([N+](=O)[O-])cc2[N+](=O)[O-])C(=O)O. The maximum absolute atomic E-state index is 11.7. The third-order valence-corrected chi connectivity index (χ3v) is 5.15. The zero-order chi connectivity index (χ0) is 26.0. The third-order valence-electron chi connectivity index (χ3n) is 5.15. The highest BCUT2D eigenvalue weighted by molar-refractivity contribution is 6.27. The highest BCUT2D eigenvalue weighted by Crippen LogP contribution is 2.50. The predicted octanol–water partition coefficient (Wildman–Crippen LogP) is 3.71. The number of nitrogens with zero attached hydrogens (tertiary/aromatic N) is 5. The van der Waals surface area contributed by atoms with Gasteiger partial charge in [-0.15, -0.1) is 0 Å². The fraction of sp³-hybridized carbons (Fsp3) is 0.263. The minimum atomic E-state index is -1.47. The quantitative estimate of drug-likeness (QED) is 0.318. The number of aliphatic carboxylic acids is 1. The summed E-state index contributed by atoms with van der Waals surface area (Å²) < 4.78 is 0. The van der Waals surface area contributed by atoms with Gasteiger partial charge in [-0.05, 0) is 12.8 Å². The Morgan fingerprint density at radius 1 is 0.886 bits per heavy atom. The number of fused-ring (bicyclic) bond motifs is 3. The Hall–Kier alpha value is -5.02. The zero-order valence-corrected chi connectivity index (χ0v) is 17.8. The Morgan fingerprint density at radius 2 is 1.34 bits per heavy atom. The molecular formula is C19H15N5O11. The van der Waals surface area contributed by atoms with Gasteiger partial charge in [-0.25, -0.2) is 4.79 Å². The molecule has 35 heavy (non-hydrogen) atoms. The highest BCUT2D eigenvalue weighted by Gasteiger charge is 2.41. The van der Waals surface area contributed by atoms with Crippen molar-refractivity contribution in [1.29, 1.82) is 0 Å². The van der Waals surface area contributed by atoms with E-state index in [2.05, 4.69) is 5.16 Å². The summed E-state index contributed by atoms with van der Waals surface area (Å²) >= 11 is 0. The average molecular weight is 489 g/mol.